The van der Waals surface area contributed by atoms with Crippen molar-refractivity contribution in [3.63, 3.8) is 0 Å². The molecule has 0 saturated heterocycles. The number of amides is 1. The summed E-state index contributed by atoms with van der Waals surface area (Å²) >= 11 is 0. The van der Waals surface area contributed by atoms with Crippen molar-refractivity contribution in [2.24, 2.45) is 0 Å². The number of carbonyl (C=O) groups excluding carboxylic acids is 1. The Morgan fingerprint density at radius 2 is 1.75 bits per heavy atom. The molecule has 0 aliphatic rings. The molecule has 4 heteroatoms. The van der Waals surface area contributed by atoms with Crippen molar-refractivity contribution in [1.29, 1.82) is 0 Å². The molecular formula is C20H26N2O2. The van der Waals surface area contributed by atoms with Gasteiger partial charge in [-0.2, -0.15) is 0 Å². The smallest absolute Gasteiger partial charge is 0.239 e. The second-order valence-corrected chi connectivity index (χ2v) is 6.04. The molecule has 2 N–H and O–H groups in total. The van der Waals surface area contributed by atoms with E-state index in [1.165, 1.54) is 5.56 Å². The number of aryl methyl sites for hydroxylation is 1. The van der Waals surface area contributed by atoms with Crippen LogP contribution in [0.3, 0.4) is 0 Å². The predicted octanol–water partition coefficient (Wildman–Crippen LogP) is 3.63. The zero-order chi connectivity index (χ0) is 17.2. The highest BCUT2D eigenvalue weighted by atomic mass is 16.5. The van der Waals surface area contributed by atoms with Crippen LogP contribution >= 0.6 is 0 Å². The lowest BCUT2D eigenvalue weighted by Crippen LogP contribution is -2.34. The van der Waals surface area contributed by atoms with Crippen LogP contribution in [0.25, 0.3) is 0 Å². The summed E-state index contributed by atoms with van der Waals surface area (Å²) in [5.74, 6) is 0.839. The van der Waals surface area contributed by atoms with Gasteiger partial charge >= 0.3 is 0 Å². The number of benzene rings is 2. The minimum absolute atomic E-state index is 0.00811. The zero-order valence-electron chi connectivity index (χ0n) is 14.4. The van der Waals surface area contributed by atoms with Crippen molar-refractivity contribution >= 4 is 11.6 Å². The Kier molecular flexibility index (Phi) is 7.15. The topological polar surface area (TPSA) is 50.4 Å². The molecule has 0 bridgehead atoms. The molecule has 0 unspecified atom stereocenters. The highest BCUT2D eigenvalue weighted by Gasteiger charge is 2.03. The molecule has 0 aliphatic heterocycles. The number of rotatable bonds is 9. The summed E-state index contributed by atoms with van der Waals surface area (Å²) in [6.45, 7) is 4.86. The third-order valence-corrected chi connectivity index (χ3v) is 3.48. The normalized spacial score (nSPS) is 10.5. The third-order valence-electron chi connectivity index (χ3n) is 3.48. The largest absolute Gasteiger partial charge is 0.494 e. The standard InChI is InChI=1S/C20H26N2O2/c1-16(2)22-20(23)15-21-18-10-12-19(13-11-18)24-14-6-9-17-7-4-3-5-8-17/h3-5,7-8,10-13,16,21H,6,9,14-15H2,1-2H3,(H,22,23). The number of hydrogen-bond donors (Lipinski definition) is 2. The first-order chi connectivity index (χ1) is 11.6. The van der Waals surface area contributed by atoms with Gasteiger partial charge in [0, 0.05) is 11.7 Å². The number of nitrogens with one attached hydrogen (secondary N) is 2. The fourth-order valence-corrected chi connectivity index (χ4v) is 2.34. The van der Waals surface area contributed by atoms with Gasteiger partial charge in [-0.3, -0.25) is 4.79 Å². The van der Waals surface area contributed by atoms with Crippen molar-refractivity contribution in [2.75, 3.05) is 18.5 Å². The van der Waals surface area contributed by atoms with Gasteiger partial charge in [0.05, 0.1) is 13.2 Å². The van der Waals surface area contributed by atoms with Crippen LogP contribution in [0.15, 0.2) is 54.6 Å². The van der Waals surface area contributed by atoms with E-state index in [4.69, 9.17) is 4.74 Å². The molecule has 1 amide bonds. The molecule has 0 aliphatic carbocycles. The van der Waals surface area contributed by atoms with Crippen LogP contribution in [0.2, 0.25) is 0 Å². The van der Waals surface area contributed by atoms with Crippen molar-refractivity contribution in [1.82, 2.24) is 5.32 Å². The van der Waals surface area contributed by atoms with Gasteiger partial charge < -0.3 is 15.4 Å². The van der Waals surface area contributed by atoms with E-state index >= 15 is 0 Å². The van der Waals surface area contributed by atoms with Crippen LogP contribution < -0.4 is 15.4 Å². The van der Waals surface area contributed by atoms with Crippen LogP contribution in [0.1, 0.15) is 25.8 Å². The van der Waals surface area contributed by atoms with E-state index in [1.54, 1.807) is 0 Å². The molecule has 2 rings (SSSR count). The summed E-state index contributed by atoms with van der Waals surface area (Å²) in [5.41, 5.74) is 2.24. The molecular weight excluding hydrogens is 300 g/mol. The maximum atomic E-state index is 11.6. The molecule has 0 spiro atoms. The quantitative estimate of drug-likeness (QED) is 0.692. The van der Waals surface area contributed by atoms with E-state index in [-0.39, 0.29) is 18.5 Å². The van der Waals surface area contributed by atoms with Gasteiger partial charge in [0.25, 0.3) is 0 Å². The number of carbonyl (C=O) groups is 1. The van der Waals surface area contributed by atoms with Gasteiger partial charge in [-0.05, 0) is 56.5 Å². The highest BCUT2D eigenvalue weighted by Crippen LogP contribution is 2.16. The van der Waals surface area contributed by atoms with Crippen LogP contribution in [-0.2, 0) is 11.2 Å². The van der Waals surface area contributed by atoms with E-state index in [9.17, 15) is 4.79 Å². The predicted molar refractivity (Wildman–Crippen MR) is 98.5 cm³/mol. The number of anilines is 1. The number of hydrogen-bond acceptors (Lipinski definition) is 3. The molecule has 0 aromatic heterocycles. The van der Waals surface area contributed by atoms with E-state index in [2.05, 4.69) is 34.9 Å². The molecule has 2 aromatic rings. The van der Waals surface area contributed by atoms with E-state index < -0.39 is 0 Å². The first-order valence-electron chi connectivity index (χ1n) is 8.43. The Morgan fingerprint density at radius 3 is 2.42 bits per heavy atom. The van der Waals surface area contributed by atoms with Crippen LogP contribution in [-0.4, -0.2) is 25.1 Å². The van der Waals surface area contributed by atoms with E-state index in [0.29, 0.717) is 6.61 Å². The molecule has 0 saturated carbocycles. The van der Waals surface area contributed by atoms with Gasteiger partial charge in [-0.25, -0.2) is 0 Å². The summed E-state index contributed by atoms with van der Waals surface area (Å²) in [5, 5.41) is 5.94. The zero-order valence-corrected chi connectivity index (χ0v) is 14.4. The summed E-state index contributed by atoms with van der Waals surface area (Å²) < 4.78 is 5.75. The highest BCUT2D eigenvalue weighted by molar-refractivity contribution is 5.80. The lowest BCUT2D eigenvalue weighted by atomic mass is 10.1. The first kappa shape index (κ1) is 17.9. The summed E-state index contributed by atoms with van der Waals surface area (Å²) in [6.07, 6.45) is 2.00. The molecule has 2 aromatic carbocycles. The Hall–Kier alpha value is -2.49. The minimum Gasteiger partial charge on any atom is -0.494 e. The second kappa shape index (κ2) is 9.60. The molecule has 128 valence electrons. The summed E-state index contributed by atoms with van der Waals surface area (Å²) in [4.78, 5) is 11.6. The Balaban J connectivity index is 1.67. The van der Waals surface area contributed by atoms with E-state index in [1.807, 2.05) is 44.2 Å². The van der Waals surface area contributed by atoms with Crippen LogP contribution in [0, 0.1) is 0 Å². The maximum Gasteiger partial charge on any atom is 0.239 e. The molecule has 0 radical (unpaired) electrons. The molecule has 0 fully saturated rings. The van der Waals surface area contributed by atoms with Gasteiger partial charge in [-0.15, -0.1) is 0 Å². The molecule has 0 heterocycles. The lowest BCUT2D eigenvalue weighted by molar-refractivity contribution is -0.119. The van der Waals surface area contributed by atoms with Crippen molar-refractivity contribution in [2.45, 2.75) is 32.7 Å². The first-order valence-corrected chi connectivity index (χ1v) is 8.43. The van der Waals surface area contributed by atoms with Gasteiger partial charge in [0.1, 0.15) is 5.75 Å². The van der Waals surface area contributed by atoms with Crippen LogP contribution in [0.4, 0.5) is 5.69 Å². The van der Waals surface area contributed by atoms with Gasteiger partial charge in [0.15, 0.2) is 0 Å². The van der Waals surface area contributed by atoms with Gasteiger partial charge in [-0.1, -0.05) is 30.3 Å². The van der Waals surface area contributed by atoms with Crippen molar-refractivity contribution in [3.8, 4) is 5.75 Å². The lowest BCUT2D eigenvalue weighted by Gasteiger charge is -2.11. The maximum absolute atomic E-state index is 11.6. The van der Waals surface area contributed by atoms with Crippen LogP contribution in [0.5, 0.6) is 5.75 Å². The average Bonchev–Trinajstić information content (AvgIpc) is 2.58. The molecule has 24 heavy (non-hydrogen) atoms. The fourth-order valence-electron chi connectivity index (χ4n) is 2.34. The molecule has 4 nitrogen and oxygen atoms in total. The Labute approximate surface area is 144 Å². The number of ether oxygens (including phenoxy) is 1. The minimum atomic E-state index is -0.00811. The third kappa shape index (κ3) is 6.73. The van der Waals surface area contributed by atoms with E-state index in [0.717, 1.165) is 24.3 Å². The van der Waals surface area contributed by atoms with Crippen molar-refractivity contribution < 1.29 is 9.53 Å². The molecule has 0 atom stereocenters. The Bertz CT molecular complexity index is 609. The fraction of sp³-hybridized carbons (Fsp3) is 0.350. The summed E-state index contributed by atoms with van der Waals surface area (Å²) in [7, 11) is 0. The SMILES string of the molecule is CC(C)NC(=O)CNc1ccc(OCCCc2ccccc2)cc1. The van der Waals surface area contributed by atoms with Gasteiger partial charge in [0.2, 0.25) is 5.91 Å². The van der Waals surface area contributed by atoms with Crippen molar-refractivity contribution in [3.05, 3.63) is 60.2 Å². The average molecular weight is 326 g/mol. The Morgan fingerprint density at radius 1 is 1.04 bits per heavy atom. The second-order valence-electron chi connectivity index (χ2n) is 6.04. The monoisotopic (exact) mass is 326 g/mol. The summed E-state index contributed by atoms with van der Waals surface area (Å²) in [6, 6.07) is 18.3.